The number of rotatable bonds is 2. The molecule has 0 bridgehead atoms. The molecule has 1 aliphatic heterocycles. The summed E-state index contributed by atoms with van der Waals surface area (Å²) in [5.41, 5.74) is 2.72. The Hall–Kier alpha value is -1.65. The van der Waals surface area contributed by atoms with Gasteiger partial charge in [0.05, 0.1) is 0 Å². The van der Waals surface area contributed by atoms with Gasteiger partial charge in [0.2, 0.25) is 0 Å². The van der Waals surface area contributed by atoms with Crippen molar-refractivity contribution in [2.75, 3.05) is 12.3 Å². The van der Waals surface area contributed by atoms with Crippen molar-refractivity contribution in [3.63, 3.8) is 0 Å². The minimum Gasteiger partial charge on any atom is -0.293 e. The van der Waals surface area contributed by atoms with Crippen LogP contribution >= 0.6 is 24.0 Å². The molecule has 0 N–H and O–H groups in total. The molecule has 0 atom stereocenters. The van der Waals surface area contributed by atoms with Gasteiger partial charge in [0.25, 0.3) is 5.91 Å². The molecule has 0 aliphatic carbocycles. The molecule has 2 nitrogen and oxygen atoms in total. The van der Waals surface area contributed by atoms with Crippen LogP contribution in [0.3, 0.4) is 0 Å². The number of thiocarbonyl (C=S) groups is 1. The van der Waals surface area contributed by atoms with Gasteiger partial charge in [-0.3, -0.25) is 9.69 Å². The van der Waals surface area contributed by atoms with Crippen molar-refractivity contribution < 1.29 is 4.79 Å². The van der Waals surface area contributed by atoms with E-state index in [-0.39, 0.29) is 5.91 Å². The molecular formula is C16H13NOS2. The highest BCUT2D eigenvalue weighted by atomic mass is 32.2. The Morgan fingerprint density at radius 2 is 1.75 bits per heavy atom. The third-order valence-corrected chi connectivity index (χ3v) is 4.68. The maximum absolute atomic E-state index is 12.7. The molecule has 4 heteroatoms. The van der Waals surface area contributed by atoms with Crippen molar-refractivity contribution in [1.29, 1.82) is 0 Å². The number of carbonyl (C=O) groups excluding carboxylic acids is 1. The SMILES string of the molecule is O=C(c1ccccc1-c1ccccc1)N1CCSC1=S. The summed E-state index contributed by atoms with van der Waals surface area (Å²) < 4.78 is 0.679. The number of nitrogens with zero attached hydrogens (tertiary/aromatic N) is 1. The number of thioether (sulfide) groups is 1. The Labute approximate surface area is 127 Å². The first kappa shape index (κ1) is 13.3. The summed E-state index contributed by atoms with van der Waals surface area (Å²) in [4.78, 5) is 14.4. The Morgan fingerprint density at radius 1 is 1.05 bits per heavy atom. The summed E-state index contributed by atoms with van der Waals surface area (Å²) in [6.45, 7) is 0.700. The van der Waals surface area contributed by atoms with Crippen molar-refractivity contribution >= 4 is 34.2 Å². The number of hydrogen-bond acceptors (Lipinski definition) is 3. The highest BCUT2D eigenvalue weighted by molar-refractivity contribution is 8.23. The van der Waals surface area contributed by atoms with Gasteiger partial charge in [-0.1, -0.05) is 72.5 Å². The highest BCUT2D eigenvalue weighted by Crippen LogP contribution is 2.27. The van der Waals surface area contributed by atoms with E-state index in [4.69, 9.17) is 12.2 Å². The lowest BCUT2D eigenvalue weighted by atomic mass is 9.99. The average molecular weight is 299 g/mol. The van der Waals surface area contributed by atoms with E-state index in [1.165, 1.54) is 0 Å². The summed E-state index contributed by atoms with van der Waals surface area (Å²) >= 11 is 6.81. The van der Waals surface area contributed by atoms with E-state index in [9.17, 15) is 4.79 Å². The lowest BCUT2D eigenvalue weighted by Crippen LogP contribution is -2.31. The van der Waals surface area contributed by atoms with E-state index in [0.717, 1.165) is 16.9 Å². The van der Waals surface area contributed by atoms with Gasteiger partial charge in [0, 0.05) is 17.9 Å². The predicted octanol–water partition coefficient (Wildman–Crippen LogP) is 3.83. The summed E-state index contributed by atoms with van der Waals surface area (Å²) in [6, 6.07) is 17.7. The molecule has 3 rings (SSSR count). The van der Waals surface area contributed by atoms with Gasteiger partial charge in [-0.15, -0.1) is 0 Å². The van der Waals surface area contributed by atoms with Crippen LogP contribution in [0, 0.1) is 0 Å². The molecule has 2 aromatic carbocycles. The zero-order chi connectivity index (χ0) is 13.9. The minimum atomic E-state index is -0.000506. The molecule has 1 amide bonds. The molecule has 100 valence electrons. The normalized spacial score (nSPS) is 14.6. The highest BCUT2D eigenvalue weighted by Gasteiger charge is 2.26. The van der Waals surface area contributed by atoms with Crippen molar-refractivity contribution in [2.24, 2.45) is 0 Å². The largest absolute Gasteiger partial charge is 0.293 e. The third kappa shape index (κ3) is 2.49. The maximum atomic E-state index is 12.7. The number of benzene rings is 2. The molecule has 2 aromatic rings. The zero-order valence-electron chi connectivity index (χ0n) is 10.8. The summed E-state index contributed by atoms with van der Waals surface area (Å²) in [7, 11) is 0. The fourth-order valence-electron chi connectivity index (χ4n) is 2.26. The van der Waals surface area contributed by atoms with Crippen LogP contribution < -0.4 is 0 Å². The summed E-state index contributed by atoms with van der Waals surface area (Å²) in [5, 5.41) is 0. The molecule has 0 radical (unpaired) electrons. The van der Waals surface area contributed by atoms with E-state index in [1.54, 1.807) is 16.7 Å². The Kier molecular flexibility index (Phi) is 3.85. The molecular weight excluding hydrogens is 286 g/mol. The van der Waals surface area contributed by atoms with E-state index in [0.29, 0.717) is 16.4 Å². The average Bonchev–Trinajstić information content (AvgIpc) is 2.93. The van der Waals surface area contributed by atoms with Gasteiger partial charge in [-0.05, 0) is 17.2 Å². The molecule has 0 spiro atoms. The molecule has 1 aliphatic rings. The minimum absolute atomic E-state index is 0.000506. The van der Waals surface area contributed by atoms with Crippen LogP contribution in [0.15, 0.2) is 54.6 Å². The molecule has 0 unspecified atom stereocenters. The fourth-order valence-corrected chi connectivity index (χ4v) is 3.47. The van der Waals surface area contributed by atoms with Crippen LogP contribution in [0.1, 0.15) is 10.4 Å². The first-order chi connectivity index (χ1) is 9.77. The van der Waals surface area contributed by atoms with E-state index < -0.39 is 0 Å². The van der Waals surface area contributed by atoms with Gasteiger partial charge in [0.1, 0.15) is 4.32 Å². The van der Waals surface area contributed by atoms with Gasteiger partial charge in [0.15, 0.2) is 0 Å². The maximum Gasteiger partial charge on any atom is 0.259 e. The van der Waals surface area contributed by atoms with Gasteiger partial charge >= 0.3 is 0 Å². The zero-order valence-corrected chi connectivity index (χ0v) is 12.4. The van der Waals surface area contributed by atoms with Crippen LogP contribution in [-0.2, 0) is 0 Å². The second-order valence-electron chi connectivity index (χ2n) is 4.48. The standard InChI is InChI=1S/C16H13NOS2/c18-15(17-10-11-20-16(17)19)14-9-5-4-8-13(14)12-6-2-1-3-7-12/h1-9H,10-11H2. The van der Waals surface area contributed by atoms with Crippen LogP contribution in [0.25, 0.3) is 11.1 Å². The lowest BCUT2D eigenvalue weighted by Gasteiger charge is -2.17. The van der Waals surface area contributed by atoms with Gasteiger partial charge in [-0.25, -0.2) is 0 Å². The monoisotopic (exact) mass is 299 g/mol. The van der Waals surface area contributed by atoms with Crippen LogP contribution in [0.2, 0.25) is 0 Å². The Bertz CT molecular complexity index is 655. The topological polar surface area (TPSA) is 20.3 Å². The van der Waals surface area contributed by atoms with Crippen LogP contribution in [0.4, 0.5) is 0 Å². The molecule has 1 fully saturated rings. The summed E-state index contributed by atoms with van der Waals surface area (Å²) in [5.74, 6) is 0.886. The van der Waals surface area contributed by atoms with Crippen LogP contribution in [0.5, 0.6) is 0 Å². The second kappa shape index (κ2) is 5.77. The first-order valence-electron chi connectivity index (χ1n) is 6.40. The summed E-state index contributed by atoms with van der Waals surface area (Å²) in [6.07, 6.45) is 0. The molecule has 1 heterocycles. The lowest BCUT2D eigenvalue weighted by molar-refractivity contribution is 0.0862. The molecule has 0 saturated carbocycles. The van der Waals surface area contributed by atoms with Gasteiger partial charge in [-0.2, -0.15) is 0 Å². The molecule has 20 heavy (non-hydrogen) atoms. The predicted molar refractivity (Wildman–Crippen MR) is 88.0 cm³/mol. The third-order valence-electron chi connectivity index (χ3n) is 3.25. The van der Waals surface area contributed by atoms with Crippen molar-refractivity contribution in [1.82, 2.24) is 4.90 Å². The quantitative estimate of drug-likeness (QED) is 0.786. The van der Waals surface area contributed by atoms with E-state index in [2.05, 4.69) is 0 Å². The van der Waals surface area contributed by atoms with Crippen LogP contribution in [-0.4, -0.2) is 27.4 Å². The Balaban J connectivity index is 2.02. The first-order valence-corrected chi connectivity index (χ1v) is 7.80. The van der Waals surface area contributed by atoms with E-state index >= 15 is 0 Å². The molecule has 1 saturated heterocycles. The molecule has 0 aromatic heterocycles. The fraction of sp³-hybridized carbons (Fsp3) is 0.125. The number of hydrogen-bond donors (Lipinski definition) is 0. The smallest absolute Gasteiger partial charge is 0.259 e. The van der Waals surface area contributed by atoms with Crippen molar-refractivity contribution in [3.05, 3.63) is 60.2 Å². The van der Waals surface area contributed by atoms with Gasteiger partial charge < -0.3 is 0 Å². The number of carbonyl (C=O) groups is 1. The van der Waals surface area contributed by atoms with Crippen molar-refractivity contribution in [3.8, 4) is 11.1 Å². The van der Waals surface area contributed by atoms with Crippen molar-refractivity contribution in [2.45, 2.75) is 0 Å². The second-order valence-corrected chi connectivity index (χ2v) is 6.21. The number of amides is 1. The Morgan fingerprint density at radius 3 is 2.45 bits per heavy atom. The van der Waals surface area contributed by atoms with E-state index in [1.807, 2.05) is 54.6 Å².